The molecule has 1 fully saturated rings. The van der Waals surface area contributed by atoms with Gasteiger partial charge in [0.2, 0.25) is 0 Å². The predicted octanol–water partition coefficient (Wildman–Crippen LogP) is 12.2. The van der Waals surface area contributed by atoms with Crippen molar-refractivity contribution in [1.82, 2.24) is 20.5 Å². The van der Waals surface area contributed by atoms with Gasteiger partial charge in [-0.05, 0) is 83.3 Å². The smallest absolute Gasteiger partial charge is 0.159 e. The predicted molar refractivity (Wildman–Crippen MR) is 232 cm³/mol. The number of aromatic nitrogens is 1. The SMILES string of the molecule is C1=CCC(C2NC(c3ccccc3)NC(c3ccc4oc5ccc(-c6ccc7c(c6)oc6c(-n8c9ccccc9c9ccccc98)cccc67)cc5c4c3)N2)C=C1. The van der Waals surface area contributed by atoms with E-state index in [1.54, 1.807) is 0 Å². The summed E-state index contributed by atoms with van der Waals surface area (Å²) in [6.45, 7) is 0. The third-order valence-electron chi connectivity index (χ3n) is 12.1. The average Bonchev–Trinajstić information content (AvgIpc) is 3.95. The summed E-state index contributed by atoms with van der Waals surface area (Å²) in [7, 11) is 0. The molecule has 0 spiro atoms. The molecule has 0 bridgehead atoms. The number of hydrogen-bond donors (Lipinski definition) is 3. The van der Waals surface area contributed by atoms with Crippen LogP contribution in [-0.2, 0) is 0 Å². The highest BCUT2D eigenvalue weighted by Crippen LogP contribution is 2.40. The van der Waals surface area contributed by atoms with Gasteiger partial charge in [0, 0.05) is 38.2 Å². The molecule has 1 aliphatic carbocycles. The molecule has 0 radical (unpaired) electrons. The Labute approximate surface area is 328 Å². The maximum absolute atomic E-state index is 6.82. The van der Waals surface area contributed by atoms with Crippen LogP contribution < -0.4 is 16.0 Å². The molecule has 1 saturated heterocycles. The van der Waals surface area contributed by atoms with Gasteiger partial charge in [0.25, 0.3) is 0 Å². The van der Waals surface area contributed by atoms with Crippen molar-refractivity contribution in [1.29, 1.82) is 0 Å². The van der Waals surface area contributed by atoms with E-state index in [9.17, 15) is 0 Å². The largest absolute Gasteiger partial charge is 0.456 e. The van der Waals surface area contributed by atoms with Gasteiger partial charge >= 0.3 is 0 Å². The molecular formula is C51H38N4O2. The average molecular weight is 739 g/mol. The first kappa shape index (κ1) is 32.5. The van der Waals surface area contributed by atoms with E-state index < -0.39 is 0 Å². The van der Waals surface area contributed by atoms with Gasteiger partial charge in [0.05, 0.1) is 35.2 Å². The normalized spacial score (nSPS) is 19.9. The number of allylic oxidation sites excluding steroid dienone is 3. The minimum Gasteiger partial charge on any atom is -0.456 e. The van der Waals surface area contributed by atoms with E-state index in [1.165, 1.54) is 21.9 Å². The first-order valence-corrected chi connectivity index (χ1v) is 19.8. The standard InChI is InChI=1S/C51H38N4O2/c1-3-12-31(13-4-1)49-52-50(32-14-5-2-6-15-32)54-51(53-49)35-24-27-46-41(29-35)40-28-33(23-26-45(40)56-46)34-22-25-38-39-18-11-21-44(48(39)57-47(38)30-34)55-42-19-9-7-16-36(42)37-17-8-10-20-43(37)55/h1-14,16-30,32,49-54H,15H2. The summed E-state index contributed by atoms with van der Waals surface area (Å²) < 4.78 is 15.6. The molecule has 274 valence electrons. The van der Waals surface area contributed by atoms with E-state index in [2.05, 4.69) is 196 Å². The van der Waals surface area contributed by atoms with Crippen molar-refractivity contribution in [2.75, 3.05) is 0 Å². The number of nitrogens with one attached hydrogen (secondary N) is 3. The van der Waals surface area contributed by atoms with Crippen LogP contribution in [0.25, 0.3) is 82.5 Å². The topological polar surface area (TPSA) is 67.3 Å². The molecule has 57 heavy (non-hydrogen) atoms. The highest BCUT2D eigenvalue weighted by molar-refractivity contribution is 6.13. The number of para-hydroxylation sites is 3. The number of rotatable bonds is 5. The third kappa shape index (κ3) is 5.30. The van der Waals surface area contributed by atoms with Crippen molar-refractivity contribution in [3.05, 3.63) is 187 Å². The molecule has 4 atom stereocenters. The van der Waals surface area contributed by atoms with Crippen LogP contribution in [0.2, 0.25) is 0 Å². The number of fused-ring (bicyclic) bond motifs is 9. The van der Waals surface area contributed by atoms with E-state index >= 15 is 0 Å². The molecule has 10 aromatic rings. The summed E-state index contributed by atoms with van der Waals surface area (Å²) in [4.78, 5) is 0. The van der Waals surface area contributed by atoms with Gasteiger partial charge < -0.3 is 13.4 Å². The minimum absolute atomic E-state index is 0.00336. The molecule has 0 amide bonds. The monoisotopic (exact) mass is 738 g/mol. The molecule has 4 unspecified atom stereocenters. The molecule has 3 aromatic heterocycles. The van der Waals surface area contributed by atoms with Gasteiger partial charge in [-0.1, -0.05) is 121 Å². The number of nitrogens with zero attached hydrogens (tertiary/aromatic N) is 1. The lowest BCUT2D eigenvalue weighted by atomic mass is 9.94. The highest BCUT2D eigenvalue weighted by atomic mass is 16.3. The number of furan rings is 2. The second-order valence-corrected chi connectivity index (χ2v) is 15.4. The van der Waals surface area contributed by atoms with Gasteiger partial charge in [-0.2, -0.15) is 0 Å². The third-order valence-corrected chi connectivity index (χ3v) is 12.1. The van der Waals surface area contributed by atoms with Crippen molar-refractivity contribution in [2.24, 2.45) is 5.92 Å². The molecule has 6 heteroatoms. The summed E-state index contributed by atoms with van der Waals surface area (Å²) in [6, 6.07) is 54.0. The van der Waals surface area contributed by atoms with Crippen LogP contribution >= 0.6 is 0 Å². The number of benzene rings is 7. The first-order chi connectivity index (χ1) is 28.2. The lowest BCUT2D eigenvalue weighted by molar-refractivity contribution is 0.170. The first-order valence-electron chi connectivity index (χ1n) is 19.8. The zero-order valence-corrected chi connectivity index (χ0v) is 31.0. The second-order valence-electron chi connectivity index (χ2n) is 15.4. The summed E-state index contributed by atoms with van der Waals surface area (Å²) in [6.07, 6.45) is 9.86. The van der Waals surface area contributed by atoms with Crippen molar-refractivity contribution in [3.63, 3.8) is 0 Å². The molecule has 7 aromatic carbocycles. The fourth-order valence-corrected chi connectivity index (χ4v) is 9.27. The molecule has 1 aliphatic heterocycles. The highest BCUT2D eigenvalue weighted by Gasteiger charge is 2.32. The maximum atomic E-state index is 6.82. The van der Waals surface area contributed by atoms with Gasteiger partial charge in [0.15, 0.2) is 5.58 Å². The van der Waals surface area contributed by atoms with E-state index in [0.717, 1.165) is 78.1 Å². The molecular weight excluding hydrogens is 701 g/mol. The summed E-state index contributed by atoms with van der Waals surface area (Å²) >= 11 is 0. The Balaban J connectivity index is 0.929. The minimum atomic E-state index is -0.0683. The quantitative estimate of drug-likeness (QED) is 0.164. The number of hydrogen-bond acceptors (Lipinski definition) is 5. The van der Waals surface area contributed by atoms with E-state index in [0.29, 0.717) is 5.92 Å². The van der Waals surface area contributed by atoms with Crippen molar-refractivity contribution in [3.8, 4) is 16.8 Å². The Morgan fingerprint density at radius 1 is 0.474 bits per heavy atom. The fraction of sp³-hybridized carbons (Fsp3) is 0.0980. The Bertz CT molecular complexity index is 3190. The van der Waals surface area contributed by atoms with Crippen LogP contribution in [0.4, 0.5) is 0 Å². The lowest BCUT2D eigenvalue weighted by Crippen LogP contribution is -2.61. The van der Waals surface area contributed by atoms with Gasteiger partial charge in [-0.25, -0.2) is 0 Å². The Morgan fingerprint density at radius 3 is 1.95 bits per heavy atom. The molecule has 0 saturated carbocycles. The van der Waals surface area contributed by atoms with Crippen LogP contribution in [0.15, 0.2) is 185 Å². The van der Waals surface area contributed by atoms with Crippen LogP contribution in [0.1, 0.15) is 29.9 Å². The Kier molecular flexibility index (Phi) is 7.38. The molecule has 6 nitrogen and oxygen atoms in total. The zero-order valence-electron chi connectivity index (χ0n) is 31.0. The van der Waals surface area contributed by atoms with Crippen LogP contribution in [0.3, 0.4) is 0 Å². The van der Waals surface area contributed by atoms with Crippen LogP contribution in [-0.4, -0.2) is 10.7 Å². The second kappa shape index (κ2) is 12.9. The van der Waals surface area contributed by atoms with Crippen molar-refractivity contribution in [2.45, 2.75) is 24.9 Å². The van der Waals surface area contributed by atoms with E-state index in [4.69, 9.17) is 8.83 Å². The summed E-state index contributed by atoms with van der Waals surface area (Å²) in [5.41, 5.74) is 11.5. The maximum Gasteiger partial charge on any atom is 0.159 e. The molecule has 4 heterocycles. The molecule has 3 N–H and O–H groups in total. The van der Waals surface area contributed by atoms with Gasteiger partial charge in [0.1, 0.15) is 16.7 Å². The lowest BCUT2D eigenvalue weighted by Gasteiger charge is -2.42. The Morgan fingerprint density at radius 2 is 1.16 bits per heavy atom. The Hall–Kier alpha value is -6.70. The summed E-state index contributed by atoms with van der Waals surface area (Å²) in [5, 5.41) is 18.4. The fourth-order valence-electron chi connectivity index (χ4n) is 9.27. The van der Waals surface area contributed by atoms with E-state index in [1.807, 2.05) is 0 Å². The molecule has 12 rings (SSSR count). The zero-order chi connectivity index (χ0) is 37.5. The summed E-state index contributed by atoms with van der Waals surface area (Å²) in [5.74, 6) is 0.344. The molecule has 2 aliphatic rings. The van der Waals surface area contributed by atoms with Crippen molar-refractivity contribution < 1.29 is 8.83 Å². The van der Waals surface area contributed by atoms with Gasteiger partial charge in [-0.15, -0.1) is 0 Å². The van der Waals surface area contributed by atoms with E-state index in [-0.39, 0.29) is 18.5 Å². The van der Waals surface area contributed by atoms with Crippen molar-refractivity contribution >= 4 is 65.7 Å². The van der Waals surface area contributed by atoms with Gasteiger partial charge in [-0.3, -0.25) is 16.0 Å². The van der Waals surface area contributed by atoms with Crippen LogP contribution in [0.5, 0.6) is 0 Å². The van der Waals surface area contributed by atoms with Crippen LogP contribution in [0, 0.1) is 5.92 Å².